The Labute approximate surface area is 103 Å². The molecular formula is C13H21N3O. The molecule has 1 fully saturated rings. The fourth-order valence-corrected chi connectivity index (χ4v) is 2.47. The van der Waals surface area contributed by atoms with Crippen LogP contribution in [0.5, 0.6) is 5.75 Å². The zero-order valence-electron chi connectivity index (χ0n) is 10.6. The smallest absolute Gasteiger partial charge is 0.223 e. The van der Waals surface area contributed by atoms with E-state index < -0.39 is 0 Å². The van der Waals surface area contributed by atoms with Gasteiger partial charge in [0.1, 0.15) is 0 Å². The van der Waals surface area contributed by atoms with Crippen LogP contribution in [0, 0.1) is 5.92 Å². The minimum atomic E-state index is 0.530. The second-order valence-corrected chi connectivity index (χ2v) is 4.73. The van der Waals surface area contributed by atoms with E-state index in [9.17, 15) is 0 Å². The monoisotopic (exact) mass is 235 g/mol. The van der Waals surface area contributed by atoms with Crippen LogP contribution in [0.3, 0.4) is 0 Å². The molecule has 2 unspecified atom stereocenters. The Balaban J connectivity index is 1.90. The summed E-state index contributed by atoms with van der Waals surface area (Å²) >= 11 is 0. The number of hydrogen-bond acceptors (Lipinski definition) is 4. The highest BCUT2D eigenvalue weighted by Crippen LogP contribution is 2.28. The number of rotatable bonds is 4. The summed E-state index contributed by atoms with van der Waals surface area (Å²) in [6.07, 6.45) is 9.84. The van der Waals surface area contributed by atoms with Gasteiger partial charge in [-0.3, -0.25) is 0 Å². The number of anilines is 1. The molecule has 1 aliphatic carbocycles. The topological polar surface area (TPSA) is 47.0 Å². The minimum absolute atomic E-state index is 0.530. The summed E-state index contributed by atoms with van der Waals surface area (Å²) in [7, 11) is 1.62. The Hall–Kier alpha value is -1.32. The van der Waals surface area contributed by atoms with Crippen LogP contribution in [0.4, 0.5) is 5.95 Å². The van der Waals surface area contributed by atoms with E-state index in [0.717, 1.165) is 5.92 Å². The lowest BCUT2D eigenvalue weighted by Crippen LogP contribution is -2.27. The van der Waals surface area contributed by atoms with Crippen molar-refractivity contribution >= 4 is 5.95 Å². The highest BCUT2D eigenvalue weighted by Gasteiger charge is 2.20. The predicted octanol–water partition coefficient (Wildman–Crippen LogP) is 2.87. The molecule has 0 saturated heterocycles. The molecule has 0 amide bonds. The summed E-state index contributed by atoms with van der Waals surface area (Å²) in [6.45, 7) is 2.27. The first kappa shape index (κ1) is 12.1. The van der Waals surface area contributed by atoms with Gasteiger partial charge < -0.3 is 10.1 Å². The predicted molar refractivity (Wildman–Crippen MR) is 68.2 cm³/mol. The zero-order chi connectivity index (χ0) is 12.1. The third-order valence-electron chi connectivity index (χ3n) is 3.56. The van der Waals surface area contributed by atoms with E-state index >= 15 is 0 Å². The molecular weight excluding hydrogens is 214 g/mol. The summed E-state index contributed by atoms with van der Waals surface area (Å²) in [6, 6.07) is 0.530. The summed E-state index contributed by atoms with van der Waals surface area (Å²) < 4.78 is 5.04. The lowest BCUT2D eigenvalue weighted by atomic mass is 9.84. The SMILES string of the molecule is CCC1CCCC(Nc2ncc(OC)cn2)C1. The molecule has 1 heterocycles. The van der Waals surface area contributed by atoms with Crippen molar-refractivity contribution in [3.63, 3.8) is 0 Å². The molecule has 0 aromatic carbocycles. The number of ether oxygens (including phenoxy) is 1. The summed E-state index contributed by atoms with van der Waals surface area (Å²) in [4.78, 5) is 8.49. The Morgan fingerprint density at radius 3 is 2.76 bits per heavy atom. The highest BCUT2D eigenvalue weighted by atomic mass is 16.5. The van der Waals surface area contributed by atoms with Crippen LogP contribution >= 0.6 is 0 Å². The molecule has 1 aromatic heterocycles. The van der Waals surface area contributed by atoms with E-state index in [4.69, 9.17) is 4.74 Å². The largest absolute Gasteiger partial charge is 0.494 e. The third-order valence-corrected chi connectivity index (χ3v) is 3.56. The van der Waals surface area contributed by atoms with E-state index in [1.807, 2.05) is 0 Å². The fraction of sp³-hybridized carbons (Fsp3) is 0.692. The summed E-state index contributed by atoms with van der Waals surface area (Å²) in [5.41, 5.74) is 0. The maximum Gasteiger partial charge on any atom is 0.223 e. The van der Waals surface area contributed by atoms with Crippen LogP contribution in [0.15, 0.2) is 12.4 Å². The quantitative estimate of drug-likeness (QED) is 0.871. The lowest BCUT2D eigenvalue weighted by Gasteiger charge is -2.29. The van der Waals surface area contributed by atoms with Gasteiger partial charge in [0.25, 0.3) is 0 Å². The van der Waals surface area contributed by atoms with E-state index in [2.05, 4.69) is 22.2 Å². The Morgan fingerprint density at radius 2 is 2.12 bits per heavy atom. The van der Waals surface area contributed by atoms with Gasteiger partial charge in [0.15, 0.2) is 5.75 Å². The Kier molecular flexibility index (Phi) is 4.18. The van der Waals surface area contributed by atoms with Crippen molar-refractivity contribution in [2.75, 3.05) is 12.4 Å². The molecule has 17 heavy (non-hydrogen) atoms. The zero-order valence-corrected chi connectivity index (χ0v) is 10.6. The van der Waals surface area contributed by atoms with Crippen LogP contribution in [0.25, 0.3) is 0 Å². The lowest BCUT2D eigenvalue weighted by molar-refractivity contribution is 0.326. The van der Waals surface area contributed by atoms with E-state index in [1.165, 1.54) is 32.1 Å². The molecule has 2 rings (SSSR count). The van der Waals surface area contributed by atoms with Crippen molar-refractivity contribution in [1.82, 2.24) is 9.97 Å². The number of methoxy groups -OCH3 is 1. The van der Waals surface area contributed by atoms with Gasteiger partial charge in [0.2, 0.25) is 5.95 Å². The molecule has 4 heteroatoms. The first-order valence-electron chi connectivity index (χ1n) is 6.44. The normalized spacial score (nSPS) is 24.4. The molecule has 1 aromatic rings. The van der Waals surface area contributed by atoms with Crippen molar-refractivity contribution in [2.24, 2.45) is 5.92 Å². The first-order chi connectivity index (χ1) is 8.31. The van der Waals surface area contributed by atoms with Gasteiger partial charge in [-0.1, -0.05) is 26.2 Å². The molecule has 2 atom stereocenters. The van der Waals surface area contributed by atoms with E-state index in [0.29, 0.717) is 17.7 Å². The third kappa shape index (κ3) is 3.32. The van der Waals surface area contributed by atoms with Crippen molar-refractivity contribution in [3.8, 4) is 5.75 Å². The van der Waals surface area contributed by atoms with Crippen LogP contribution in [0.2, 0.25) is 0 Å². The molecule has 1 N–H and O–H groups in total. The van der Waals surface area contributed by atoms with Crippen molar-refractivity contribution in [2.45, 2.75) is 45.1 Å². The van der Waals surface area contributed by atoms with Gasteiger partial charge in [-0.25, -0.2) is 9.97 Å². The van der Waals surface area contributed by atoms with Crippen LogP contribution in [-0.2, 0) is 0 Å². The molecule has 1 saturated carbocycles. The van der Waals surface area contributed by atoms with Crippen molar-refractivity contribution in [3.05, 3.63) is 12.4 Å². The molecule has 94 valence electrons. The molecule has 0 radical (unpaired) electrons. The van der Waals surface area contributed by atoms with Gasteiger partial charge in [0, 0.05) is 6.04 Å². The van der Waals surface area contributed by atoms with Gasteiger partial charge in [0.05, 0.1) is 19.5 Å². The van der Waals surface area contributed by atoms with Gasteiger partial charge in [-0.2, -0.15) is 0 Å². The van der Waals surface area contributed by atoms with Gasteiger partial charge >= 0.3 is 0 Å². The minimum Gasteiger partial charge on any atom is -0.494 e. The Bertz CT molecular complexity index is 339. The highest BCUT2D eigenvalue weighted by molar-refractivity contribution is 5.28. The number of nitrogens with zero attached hydrogens (tertiary/aromatic N) is 2. The molecule has 0 bridgehead atoms. The molecule has 0 aliphatic heterocycles. The van der Waals surface area contributed by atoms with Crippen LogP contribution in [-0.4, -0.2) is 23.1 Å². The molecule has 1 aliphatic rings. The van der Waals surface area contributed by atoms with Crippen molar-refractivity contribution in [1.29, 1.82) is 0 Å². The van der Waals surface area contributed by atoms with Crippen LogP contribution < -0.4 is 10.1 Å². The average molecular weight is 235 g/mol. The maximum atomic E-state index is 5.04. The van der Waals surface area contributed by atoms with Gasteiger partial charge in [-0.05, 0) is 18.8 Å². The van der Waals surface area contributed by atoms with E-state index in [1.54, 1.807) is 19.5 Å². The first-order valence-corrected chi connectivity index (χ1v) is 6.44. The summed E-state index contributed by atoms with van der Waals surface area (Å²) in [5.74, 6) is 2.28. The second kappa shape index (κ2) is 5.84. The van der Waals surface area contributed by atoms with Gasteiger partial charge in [-0.15, -0.1) is 0 Å². The number of hydrogen-bond donors (Lipinski definition) is 1. The van der Waals surface area contributed by atoms with Crippen molar-refractivity contribution < 1.29 is 4.74 Å². The number of aromatic nitrogens is 2. The van der Waals surface area contributed by atoms with E-state index in [-0.39, 0.29) is 0 Å². The Morgan fingerprint density at radius 1 is 1.35 bits per heavy atom. The standard InChI is InChI=1S/C13H21N3O/c1-3-10-5-4-6-11(7-10)16-13-14-8-12(17-2)9-15-13/h8-11H,3-7H2,1-2H3,(H,14,15,16). The average Bonchev–Trinajstić information content (AvgIpc) is 2.40. The number of nitrogens with one attached hydrogen (secondary N) is 1. The summed E-state index contributed by atoms with van der Waals surface area (Å²) in [5, 5.41) is 3.42. The molecule has 0 spiro atoms. The fourth-order valence-electron chi connectivity index (χ4n) is 2.47. The molecule has 4 nitrogen and oxygen atoms in total. The second-order valence-electron chi connectivity index (χ2n) is 4.73. The maximum absolute atomic E-state index is 5.04. The van der Waals surface area contributed by atoms with Crippen LogP contribution in [0.1, 0.15) is 39.0 Å².